The van der Waals surface area contributed by atoms with E-state index in [9.17, 15) is 13.2 Å². The number of sulfonamides is 1. The van der Waals surface area contributed by atoms with Gasteiger partial charge in [0.25, 0.3) is 15.9 Å². The van der Waals surface area contributed by atoms with Crippen molar-refractivity contribution in [3.05, 3.63) is 84.4 Å². The lowest BCUT2D eigenvalue weighted by atomic mass is 10.2. The van der Waals surface area contributed by atoms with Gasteiger partial charge in [0.15, 0.2) is 0 Å². The summed E-state index contributed by atoms with van der Waals surface area (Å²) in [6, 6.07) is 22.1. The van der Waals surface area contributed by atoms with E-state index in [1.165, 1.54) is 25.5 Å². The molecule has 32 heavy (non-hydrogen) atoms. The lowest BCUT2D eigenvalue weighted by Gasteiger charge is -2.24. The smallest absolute Gasteiger partial charge is 0.264 e. The molecule has 0 unspecified atom stereocenters. The second kappa shape index (κ2) is 10.8. The Morgan fingerprint density at radius 3 is 2.44 bits per heavy atom. The lowest BCUT2D eigenvalue weighted by Crippen LogP contribution is -2.39. The Morgan fingerprint density at radius 1 is 1.06 bits per heavy atom. The van der Waals surface area contributed by atoms with Crippen molar-refractivity contribution in [2.75, 3.05) is 24.2 Å². The molecule has 0 radical (unpaired) electrons. The molecule has 0 aliphatic rings. The Morgan fingerprint density at radius 2 is 1.78 bits per heavy atom. The van der Waals surface area contributed by atoms with Crippen LogP contribution in [0.1, 0.15) is 5.56 Å². The van der Waals surface area contributed by atoms with Gasteiger partial charge in [-0.15, -0.1) is 11.8 Å². The van der Waals surface area contributed by atoms with Crippen LogP contribution in [-0.4, -0.2) is 40.4 Å². The summed E-state index contributed by atoms with van der Waals surface area (Å²) in [6.45, 7) is -0.451. The van der Waals surface area contributed by atoms with Crippen molar-refractivity contribution in [2.45, 2.75) is 9.79 Å². The van der Waals surface area contributed by atoms with E-state index >= 15 is 0 Å². The molecule has 0 fully saturated rings. The van der Waals surface area contributed by atoms with Crippen molar-refractivity contribution in [3.8, 4) is 5.75 Å². The van der Waals surface area contributed by atoms with Crippen molar-refractivity contribution >= 4 is 39.6 Å². The number of amides is 1. The number of methoxy groups -OCH3 is 1. The summed E-state index contributed by atoms with van der Waals surface area (Å²) in [7, 11) is -2.51. The number of hydrogen-bond donors (Lipinski definition) is 1. The van der Waals surface area contributed by atoms with Crippen LogP contribution in [0.3, 0.4) is 0 Å². The number of carbonyl (C=O) groups excluding carboxylic acids is 1. The monoisotopic (exact) mass is 469 g/mol. The first kappa shape index (κ1) is 23.4. The van der Waals surface area contributed by atoms with Crippen LogP contribution in [0.5, 0.6) is 5.75 Å². The molecule has 3 rings (SSSR count). The van der Waals surface area contributed by atoms with E-state index in [2.05, 4.69) is 10.5 Å². The van der Waals surface area contributed by atoms with E-state index in [0.717, 1.165) is 14.8 Å². The van der Waals surface area contributed by atoms with Crippen molar-refractivity contribution in [2.24, 2.45) is 5.10 Å². The lowest BCUT2D eigenvalue weighted by molar-refractivity contribution is -0.119. The Balaban J connectivity index is 1.81. The summed E-state index contributed by atoms with van der Waals surface area (Å²) >= 11 is 1.63. The van der Waals surface area contributed by atoms with Crippen LogP contribution >= 0.6 is 11.8 Å². The Hall–Kier alpha value is -3.30. The average molecular weight is 470 g/mol. The number of benzene rings is 3. The Labute approximate surface area is 192 Å². The van der Waals surface area contributed by atoms with E-state index in [-0.39, 0.29) is 4.90 Å². The minimum absolute atomic E-state index is 0.0769. The van der Waals surface area contributed by atoms with Gasteiger partial charge in [0.1, 0.15) is 12.3 Å². The number of carbonyl (C=O) groups is 1. The van der Waals surface area contributed by atoms with E-state index in [1.807, 2.05) is 30.5 Å². The summed E-state index contributed by atoms with van der Waals surface area (Å²) in [5, 5.41) is 3.95. The molecule has 0 aromatic heterocycles. The fourth-order valence-corrected chi connectivity index (χ4v) is 4.68. The molecule has 1 amide bonds. The molecule has 0 saturated carbocycles. The van der Waals surface area contributed by atoms with Gasteiger partial charge in [-0.2, -0.15) is 5.10 Å². The van der Waals surface area contributed by atoms with E-state index in [1.54, 1.807) is 54.2 Å². The van der Waals surface area contributed by atoms with Gasteiger partial charge in [-0.3, -0.25) is 9.10 Å². The maximum absolute atomic E-state index is 13.3. The molecule has 1 N–H and O–H groups in total. The maximum Gasteiger partial charge on any atom is 0.264 e. The highest BCUT2D eigenvalue weighted by atomic mass is 32.2. The van der Waals surface area contributed by atoms with Crippen molar-refractivity contribution < 1.29 is 17.9 Å². The van der Waals surface area contributed by atoms with Crippen LogP contribution in [0.4, 0.5) is 5.69 Å². The third-order valence-electron chi connectivity index (χ3n) is 4.48. The van der Waals surface area contributed by atoms with Crippen LogP contribution in [0.25, 0.3) is 0 Å². The molecule has 9 heteroatoms. The molecule has 0 aliphatic carbocycles. The fraction of sp³-hybridized carbons (Fsp3) is 0.130. The summed E-state index contributed by atoms with van der Waals surface area (Å²) < 4.78 is 32.8. The van der Waals surface area contributed by atoms with E-state index in [4.69, 9.17) is 4.74 Å². The highest BCUT2D eigenvalue weighted by molar-refractivity contribution is 7.98. The van der Waals surface area contributed by atoms with Gasteiger partial charge in [0.2, 0.25) is 0 Å². The van der Waals surface area contributed by atoms with Crippen LogP contribution in [0.15, 0.2) is 93.8 Å². The normalized spacial score (nSPS) is 11.3. The number of thioether (sulfide) groups is 1. The SMILES string of the molecule is COc1cccc(N(CC(=O)N/N=C\c2ccc(SC)cc2)S(=O)(=O)c2ccccc2)c1. The topological polar surface area (TPSA) is 88.1 Å². The van der Waals surface area contributed by atoms with Gasteiger partial charge in [-0.05, 0) is 48.2 Å². The predicted molar refractivity (Wildman–Crippen MR) is 128 cm³/mol. The number of nitrogens with zero attached hydrogens (tertiary/aromatic N) is 2. The molecule has 0 heterocycles. The molecule has 3 aromatic carbocycles. The van der Waals surface area contributed by atoms with Gasteiger partial charge in [0.05, 0.1) is 23.9 Å². The standard InChI is InChI=1S/C23H23N3O4S2/c1-30-20-8-6-7-19(15-20)26(32(28,29)22-9-4-3-5-10-22)17-23(27)25-24-16-18-11-13-21(31-2)14-12-18/h3-16H,17H2,1-2H3,(H,25,27)/b24-16-. The van der Waals surface area contributed by atoms with Crippen molar-refractivity contribution in [1.29, 1.82) is 0 Å². The largest absolute Gasteiger partial charge is 0.497 e. The third kappa shape index (κ3) is 5.89. The van der Waals surface area contributed by atoms with Crippen LogP contribution in [0, 0.1) is 0 Å². The van der Waals surface area contributed by atoms with Crippen LogP contribution in [-0.2, 0) is 14.8 Å². The zero-order chi connectivity index (χ0) is 23.0. The summed E-state index contributed by atoms with van der Waals surface area (Å²) in [6.07, 6.45) is 3.49. The molecule has 0 aliphatic heterocycles. The molecule has 166 valence electrons. The summed E-state index contributed by atoms with van der Waals surface area (Å²) in [5.41, 5.74) is 3.52. The zero-order valence-corrected chi connectivity index (χ0v) is 19.3. The number of ether oxygens (including phenoxy) is 1. The predicted octanol–water partition coefficient (Wildman–Crippen LogP) is 3.76. The minimum Gasteiger partial charge on any atom is -0.497 e. The number of nitrogens with one attached hydrogen (secondary N) is 1. The number of anilines is 1. The first-order valence-electron chi connectivity index (χ1n) is 9.62. The zero-order valence-electron chi connectivity index (χ0n) is 17.6. The number of rotatable bonds is 9. The van der Waals surface area contributed by atoms with Gasteiger partial charge < -0.3 is 4.74 Å². The van der Waals surface area contributed by atoms with Crippen molar-refractivity contribution in [3.63, 3.8) is 0 Å². The third-order valence-corrected chi connectivity index (χ3v) is 7.01. The fourth-order valence-electron chi connectivity index (χ4n) is 2.83. The van der Waals surface area contributed by atoms with Crippen LogP contribution in [0.2, 0.25) is 0 Å². The number of hydrogen-bond acceptors (Lipinski definition) is 6. The summed E-state index contributed by atoms with van der Waals surface area (Å²) in [5.74, 6) is -0.104. The molecule has 7 nitrogen and oxygen atoms in total. The molecule has 3 aromatic rings. The second-order valence-corrected chi connectivity index (χ2v) is 9.33. The quantitative estimate of drug-likeness (QED) is 0.293. The first-order chi connectivity index (χ1) is 15.4. The molecular weight excluding hydrogens is 446 g/mol. The maximum atomic E-state index is 13.3. The number of hydrazone groups is 1. The average Bonchev–Trinajstić information content (AvgIpc) is 2.83. The molecule has 0 bridgehead atoms. The van der Waals surface area contributed by atoms with Crippen LogP contribution < -0.4 is 14.5 Å². The second-order valence-electron chi connectivity index (χ2n) is 6.59. The Kier molecular flexibility index (Phi) is 7.91. The first-order valence-corrected chi connectivity index (χ1v) is 12.3. The van der Waals surface area contributed by atoms with E-state index in [0.29, 0.717) is 11.4 Å². The molecule has 0 atom stereocenters. The van der Waals surface area contributed by atoms with Gasteiger partial charge in [-0.1, -0.05) is 36.4 Å². The summed E-state index contributed by atoms with van der Waals surface area (Å²) in [4.78, 5) is 13.8. The minimum atomic E-state index is -4.00. The van der Waals surface area contributed by atoms with Gasteiger partial charge in [0, 0.05) is 11.0 Å². The molecule has 0 spiro atoms. The molecule has 0 saturated heterocycles. The molecular formula is C23H23N3O4S2. The van der Waals surface area contributed by atoms with Gasteiger partial charge >= 0.3 is 0 Å². The Bertz CT molecular complexity index is 1180. The van der Waals surface area contributed by atoms with E-state index < -0.39 is 22.5 Å². The van der Waals surface area contributed by atoms with Crippen molar-refractivity contribution in [1.82, 2.24) is 5.43 Å². The van der Waals surface area contributed by atoms with Gasteiger partial charge in [-0.25, -0.2) is 13.8 Å². The highest BCUT2D eigenvalue weighted by Gasteiger charge is 2.27. The highest BCUT2D eigenvalue weighted by Crippen LogP contribution is 2.26.